The van der Waals surface area contributed by atoms with E-state index in [4.69, 9.17) is 4.12 Å². The third-order valence-corrected chi connectivity index (χ3v) is 14.3. The maximum Gasteiger partial charge on any atom is 0.399 e. The third-order valence-electron chi connectivity index (χ3n) is 6.92. The molecule has 2 aliphatic heterocycles. The molecule has 2 heterocycles. The molecule has 0 amide bonds. The highest BCUT2D eigenvalue weighted by Gasteiger charge is 2.60. The van der Waals surface area contributed by atoms with Crippen molar-refractivity contribution in [3.63, 3.8) is 0 Å². The summed E-state index contributed by atoms with van der Waals surface area (Å²) >= 11 is 0. The second kappa shape index (κ2) is 8.47. The molecule has 0 bridgehead atoms. The van der Waals surface area contributed by atoms with Gasteiger partial charge in [-0.25, -0.2) is 0 Å². The van der Waals surface area contributed by atoms with Gasteiger partial charge in [-0.1, -0.05) is 0 Å². The van der Waals surface area contributed by atoms with Crippen molar-refractivity contribution in [3.05, 3.63) is 0 Å². The highest BCUT2D eigenvalue weighted by molar-refractivity contribution is 6.61. The predicted molar refractivity (Wildman–Crippen MR) is 137 cm³/mol. The lowest BCUT2D eigenvalue weighted by molar-refractivity contribution is 0.164. The summed E-state index contributed by atoms with van der Waals surface area (Å²) in [6.45, 7) is 37.9. The van der Waals surface area contributed by atoms with Crippen LogP contribution in [0, 0.1) is 0 Å². The first kappa shape index (κ1) is 27.5. The predicted octanol–water partition coefficient (Wildman–Crippen LogP) is 4.96. The van der Waals surface area contributed by atoms with Crippen molar-refractivity contribution in [3.8, 4) is 0 Å². The van der Waals surface area contributed by atoms with Gasteiger partial charge < -0.3 is 4.12 Å². The van der Waals surface area contributed by atoms with Crippen molar-refractivity contribution in [1.29, 1.82) is 0 Å². The van der Waals surface area contributed by atoms with Gasteiger partial charge in [0.2, 0.25) is 0 Å². The highest BCUT2D eigenvalue weighted by Crippen LogP contribution is 2.41. The van der Waals surface area contributed by atoms with Gasteiger partial charge in [0.15, 0.2) is 0 Å². The minimum atomic E-state index is -1.39. The molecule has 7 heteroatoms. The average Bonchev–Trinajstić information content (AvgIpc) is 2.89. The zero-order valence-electron chi connectivity index (χ0n) is 23.5. The summed E-state index contributed by atoms with van der Waals surface area (Å²) < 4.78 is 18.4. The van der Waals surface area contributed by atoms with Gasteiger partial charge in [0.25, 0.3) is 0 Å². The fourth-order valence-electron chi connectivity index (χ4n) is 5.66. The van der Waals surface area contributed by atoms with Crippen LogP contribution in [0.1, 0.15) is 111 Å². The summed E-state index contributed by atoms with van der Waals surface area (Å²) in [5.41, 5.74) is 0.275. The van der Waals surface area contributed by atoms with Gasteiger partial charge in [-0.3, -0.25) is 18.3 Å². The SMILES string of the molecule is C[C@@H]1[C@@H](C)N(C(C)(C)C)[Si](O[Si]2N(C(C)(C)C)[C@H](C)[C@@H](C)N2C(C)(C)C)N1C(C)(C)C. The molecule has 2 saturated heterocycles. The van der Waals surface area contributed by atoms with Crippen LogP contribution >= 0.6 is 0 Å². The van der Waals surface area contributed by atoms with E-state index in [9.17, 15) is 0 Å². The van der Waals surface area contributed by atoms with E-state index in [1.54, 1.807) is 0 Å². The van der Waals surface area contributed by atoms with Crippen molar-refractivity contribution in [2.45, 2.75) is 157 Å². The number of rotatable bonds is 2. The van der Waals surface area contributed by atoms with E-state index in [-0.39, 0.29) is 22.2 Å². The second-order valence-electron chi connectivity index (χ2n) is 13.8. The Morgan fingerprint density at radius 3 is 0.710 bits per heavy atom. The van der Waals surface area contributed by atoms with E-state index in [0.717, 1.165) is 0 Å². The van der Waals surface area contributed by atoms with Gasteiger partial charge in [0.1, 0.15) is 0 Å². The lowest BCUT2D eigenvalue weighted by Crippen LogP contribution is -2.67. The molecule has 0 aromatic rings. The lowest BCUT2D eigenvalue weighted by Gasteiger charge is -2.47. The van der Waals surface area contributed by atoms with Crippen LogP contribution < -0.4 is 0 Å². The summed E-state index contributed by atoms with van der Waals surface area (Å²) in [4.78, 5) is 0. The van der Waals surface area contributed by atoms with Crippen molar-refractivity contribution in [2.75, 3.05) is 0 Å². The molecule has 2 fully saturated rings. The molecule has 0 N–H and O–H groups in total. The summed E-state index contributed by atoms with van der Waals surface area (Å²) in [6.07, 6.45) is 0. The van der Waals surface area contributed by atoms with Crippen LogP contribution in [0.5, 0.6) is 0 Å². The quantitative estimate of drug-likeness (QED) is 0.533. The minimum Gasteiger partial charge on any atom is -0.406 e. The fraction of sp³-hybridized carbons (Fsp3) is 1.00. The van der Waals surface area contributed by atoms with Crippen LogP contribution in [0.25, 0.3) is 0 Å². The van der Waals surface area contributed by atoms with E-state index < -0.39 is 18.7 Å². The molecule has 0 spiro atoms. The molecule has 0 unspecified atom stereocenters. The minimum absolute atomic E-state index is 0.0688. The molecule has 2 aliphatic rings. The Balaban J connectivity index is 2.61. The van der Waals surface area contributed by atoms with Gasteiger partial charge in [-0.2, -0.15) is 0 Å². The first-order valence-electron chi connectivity index (χ1n) is 12.2. The molecule has 182 valence electrons. The molecular weight excluding hydrogens is 416 g/mol. The Bertz CT molecular complexity index is 525. The zero-order chi connectivity index (χ0) is 24.5. The number of hydrogen-bond donors (Lipinski definition) is 0. The van der Waals surface area contributed by atoms with Crippen LogP contribution in [-0.4, -0.2) is 83.3 Å². The van der Waals surface area contributed by atoms with Crippen molar-refractivity contribution < 1.29 is 4.12 Å². The second-order valence-corrected chi connectivity index (χ2v) is 17.7. The molecular formula is C24H52N4OSi2. The molecule has 2 radical (unpaired) electrons. The average molecular weight is 469 g/mol. The van der Waals surface area contributed by atoms with Crippen LogP contribution in [0.15, 0.2) is 0 Å². The Kier molecular flexibility index (Phi) is 7.51. The monoisotopic (exact) mass is 468 g/mol. The Hall–Kier alpha value is 0.234. The van der Waals surface area contributed by atoms with E-state index in [0.29, 0.717) is 24.2 Å². The molecule has 4 atom stereocenters. The standard InChI is InChI=1S/C24H52N4OSi2/c1-17-18(2)26(22(8,9)10)30(25(17)21(5,6)7)29-31-27(23(11,12)13)19(3)20(4)28(31)24(14,15)16/h17-20H,1-16H3/t17-,18-,19-,20-/m1/s1. The van der Waals surface area contributed by atoms with Crippen LogP contribution in [-0.2, 0) is 4.12 Å². The zero-order valence-corrected chi connectivity index (χ0v) is 25.5. The number of nitrogens with zero attached hydrogens (tertiary/aromatic N) is 4. The lowest BCUT2D eigenvalue weighted by atomic mass is 10.0. The molecule has 0 saturated carbocycles. The van der Waals surface area contributed by atoms with E-state index in [2.05, 4.69) is 129 Å². The first-order valence-corrected chi connectivity index (χ1v) is 14.8. The maximum atomic E-state index is 7.52. The van der Waals surface area contributed by atoms with Crippen molar-refractivity contribution >= 4 is 18.7 Å². The third kappa shape index (κ3) is 5.18. The Labute approximate surface area is 198 Å². The molecule has 31 heavy (non-hydrogen) atoms. The summed E-state index contributed by atoms with van der Waals surface area (Å²) in [6, 6.07) is 1.88. The van der Waals surface area contributed by atoms with E-state index in [1.807, 2.05) is 0 Å². The maximum absolute atomic E-state index is 7.52. The molecule has 0 aromatic carbocycles. The Morgan fingerprint density at radius 1 is 0.419 bits per heavy atom. The van der Waals surface area contributed by atoms with Crippen LogP contribution in [0.2, 0.25) is 0 Å². The first-order chi connectivity index (χ1) is 13.6. The normalized spacial score (nSPS) is 32.5. The smallest absolute Gasteiger partial charge is 0.399 e. The Morgan fingerprint density at radius 2 is 0.581 bits per heavy atom. The molecule has 0 aliphatic carbocycles. The van der Waals surface area contributed by atoms with Crippen LogP contribution in [0.3, 0.4) is 0 Å². The van der Waals surface area contributed by atoms with Gasteiger partial charge >= 0.3 is 18.7 Å². The van der Waals surface area contributed by atoms with Crippen molar-refractivity contribution in [1.82, 2.24) is 18.3 Å². The largest absolute Gasteiger partial charge is 0.406 e. The molecule has 2 rings (SSSR count). The van der Waals surface area contributed by atoms with Gasteiger partial charge in [0.05, 0.1) is 0 Å². The van der Waals surface area contributed by atoms with E-state index in [1.165, 1.54) is 0 Å². The number of hydrogen-bond acceptors (Lipinski definition) is 5. The van der Waals surface area contributed by atoms with Gasteiger partial charge in [-0.15, -0.1) is 0 Å². The topological polar surface area (TPSA) is 22.2 Å². The summed E-state index contributed by atoms with van der Waals surface area (Å²) in [7, 11) is -2.77. The summed E-state index contributed by atoms with van der Waals surface area (Å²) in [5.74, 6) is 0. The van der Waals surface area contributed by atoms with E-state index >= 15 is 0 Å². The van der Waals surface area contributed by atoms with Gasteiger partial charge in [0, 0.05) is 46.3 Å². The molecule has 5 nitrogen and oxygen atoms in total. The molecule has 0 aromatic heterocycles. The summed E-state index contributed by atoms with van der Waals surface area (Å²) in [5, 5.41) is 0. The fourth-order valence-corrected chi connectivity index (χ4v) is 12.9. The van der Waals surface area contributed by atoms with Crippen LogP contribution in [0.4, 0.5) is 0 Å². The highest BCUT2D eigenvalue weighted by atomic mass is 28.4. The van der Waals surface area contributed by atoms with Gasteiger partial charge in [-0.05, 0) is 111 Å². The van der Waals surface area contributed by atoms with Crippen molar-refractivity contribution in [2.24, 2.45) is 0 Å².